The summed E-state index contributed by atoms with van der Waals surface area (Å²) in [6.07, 6.45) is 0.240. The van der Waals surface area contributed by atoms with Crippen molar-refractivity contribution < 1.29 is 9.53 Å². The number of nitrogens with zero attached hydrogens (tertiary/aromatic N) is 2. The number of halogens is 1. The molecule has 17 heavy (non-hydrogen) atoms. The minimum atomic E-state index is -0.275. The summed E-state index contributed by atoms with van der Waals surface area (Å²) in [5.74, 6) is 0.195. The van der Waals surface area contributed by atoms with Gasteiger partial charge < -0.3 is 10.1 Å². The molecule has 90 valence electrons. The summed E-state index contributed by atoms with van der Waals surface area (Å²) < 4.78 is 4.77. The van der Waals surface area contributed by atoms with Gasteiger partial charge in [-0.1, -0.05) is 11.6 Å². The highest BCUT2D eigenvalue weighted by atomic mass is 35.5. The third kappa shape index (κ3) is 4.70. The number of aromatic nitrogens is 1. The van der Waals surface area contributed by atoms with Crippen LogP contribution in [0.5, 0.6) is 0 Å². The lowest BCUT2D eigenvalue weighted by atomic mass is 10.3. The molecule has 6 heteroatoms. The number of carbonyl (C=O) groups excluding carboxylic acids is 1. The van der Waals surface area contributed by atoms with Crippen LogP contribution in [-0.2, 0) is 9.53 Å². The summed E-state index contributed by atoms with van der Waals surface area (Å²) in [5, 5.41) is 11.9. The zero-order valence-corrected chi connectivity index (χ0v) is 10.1. The van der Waals surface area contributed by atoms with Crippen LogP contribution in [-0.4, -0.2) is 24.1 Å². The summed E-state index contributed by atoms with van der Waals surface area (Å²) in [5.41, 5.74) is 0.420. The largest absolute Gasteiger partial charge is 0.466 e. The SMILES string of the molecule is CCOC(=O)CCNc1cc(C#N)cc(Cl)n1. The fourth-order valence-corrected chi connectivity index (χ4v) is 1.39. The van der Waals surface area contributed by atoms with Gasteiger partial charge in [-0.25, -0.2) is 4.98 Å². The second-order valence-corrected chi connectivity index (χ2v) is 3.54. The molecule has 0 aliphatic heterocycles. The highest BCUT2D eigenvalue weighted by Crippen LogP contribution is 2.13. The van der Waals surface area contributed by atoms with Crippen molar-refractivity contribution in [2.75, 3.05) is 18.5 Å². The molecule has 0 saturated heterocycles. The van der Waals surface area contributed by atoms with Crippen molar-refractivity contribution in [3.63, 3.8) is 0 Å². The Morgan fingerprint density at radius 1 is 1.65 bits per heavy atom. The Bertz CT molecular complexity index is 443. The summed E-state index contributed by atoms with van der Waals surface area (Å²) in [6.45, 7) is 2.51. The van der Waals surface area contributed by atoms with Gasteiger partial charge in [-0.3, -0.25) is 4.79 Å². The minimum Gasteiger partial charge on any atom is -0.466 e. The number of ether oxygens (including phenoxy) is 1. The van der Waals surface area contributed by atoms with E-state index in [0.29, 0.717) is 24.5 Å². The Morgan fingerprint density at radius 3 is 3.06 bits per heavy atom. The van der Waals surface area contributed by atoms with E-state index in [1.807, 2.05) is 6.07 Å². The second-order valence-electron chi connectivity index (χ2n) is 3.16. The predicted octanol–water partition coefficient (Wildman–Crippen LogP) is 1.97. The number of pyridine rings is 1. The normalized spacial score (nSPS) is 9.47. The second kappa shape index (κ2) is 6.71. The van der Waals surface area contributed by atoms with E-state index < -0.39 is 0 Å². The van der Waals surface area contributed by atoms with Crippen molar-refractivity contribution in [2.24, 2.45) is 0 Å². The van der Waals surface area contributed by atoms with Crippen molar-refractivity contribution in [1.29, 1.82) is 5.26 Å². The van der Waals surface area contributed by atoms with Crippen molar-refractivity contribution in [2.45, 2.75) is 13.3 Å². The first-order valence-corrected chi connectivity index (χ1v) is 5.50. The highest BCUT2D eigenvalue weighted by molar-refractivity contribution is 6.29. The lowest BCUT2D eigenvalue weighted by Gasteiger charge is -2.06. The average molecular weight is 254 g/mol. The summed E-state index contributed by atoms with van der Waals surface area (Å²) in [4.78, 5) is 15.0. The number of carbonyl (C=O) groups is 1. The molecule has 0 fully saturated rings. The summed E-state index contributed by atoms with van der Waals surface area (Å²) >= 11 is 5.73. The molecule has 1 rings (SSSR count). The Morgan fingerprint density at radius 2 is 2.41 bits per heavy atom. The van der Waals surface area contributed by atoms with Crippen LogP contribution < -0.4 is 5.32 Å². The topological polar surface area (TPSA) is 75.0 Å². The molecule has 0 amide bonds. The quantitative estimate of drug-likeness (QED) is 0.641. The molecule has 1 N–H and O–H groups in total. The molecule has 0 aliphatic carbocycles. The molecule has 0 atom stereocenters. The van der Waals surface area contributed by atoms with Crippen LogP contribution >= 0.6 is 11.6 Å². The maximum absolute atomic E-state index is 11.1. The van der Waals surface area contributed by atoms with Gasteiger partial charge in [0.2, 0.25) is 0 Å². The number of hydrogen-bond acceptors (Lipinski definition) is 5. The number of anilines is 1. The molecule has 1 aromatic heterocycles. The maximum Gasteiger partial charge on any atom is 0.307 e. The first-order chi connectivity index (χ1) is 8.15. The Balaban J connectivity index is 2.50. The van der Waals surface area contributed by atoms with Crippen molar-refractivity contribution in [3.8, 4) is 6.07 Å². The van der Waals surface area contributed by atoms with Gasteiger partial charge in [0.15, 0.2) is 0 Å². The van der Waals surface area contributed by atoms with E-state index in [1.165, 1.54) is 6.07 Å². The van der Waals surface area contributed by atoms with Crippen LogP contribution in [0.4, 0.5) is 5.82 Å². The Hall–Kier alpha value is -1.80. The first-order valence-electron chi connectivity index (χ1n) is 5.13. The van der Waals surface area contributed by atoms with Crippen LogP contribution in [0.25, 0.3) is 0 Å². The van der Waals surface area contributed by atoms with E-state index in [4.69, 9.17) is 21.6 Å². The van der Waals surface area contributed by atoms with E-state index in [2.05, 4.69) is 10.3 Å². The number of nitrogens with one attached hydrogen (secondary N) is 1. The van der Waals surface area contributed by atoms with Gasteiger partial charge in [0.1, 0.15) is 11.0 Å². The lowest BCUT2D eigenvalue weighted by molar-refractivity contribution is -0.142. The standard InChI is InChI=1S/C11H12ClN3O2/c1-2-17-11(16)3-4-14-10-6-8(7-13)5-9(12)15-10/h5-6H,2-4H2,1H3,(H,14,15). The van der Waals surface area contributed by atoms with Crippen LogP contribution in [0.1, 0.15) is 18.9 Å². The molecule has 0 aromatic carbocycles. The molecule has 0 bridgehead atoms. The van der Waals surface area contributed by atoms with Crippen molar-refractivity contribution in [1.82, 2.24) is 4.98 Å². The zero-order valence-electron chi connectivity index (χ0n) is 9.36. The monoisotopic (exact) mass is 253 g/mol. The number of hydrogen-bond donors (Lipinski definition) is 1. The number of esters is 1. The van der Waals surface area contributed by atoms with E-state index in [0.717, 1.165) is 0 Å². The molecule has 0 unspecified atom stereocenters. The lowest BCUT2D eigenvalue weighted by Crippen LogP contribution is -2.12. The van der Waals surface area contributed by atoms with Gasteiger partial charge in [-0.05, 0) is 19.1 Å². The molecule has 0 radical (unpaired) electrons. The van der Waals surface area contributed by atoms with Crippen LogP contribution in [0.2, 0.25) is 5.15 Å². The van der Waals surface area contributed by atoms with E-state index >= 15 is 0 Å². The highest BCUT2D eigenvalue weighted by Gasteiger charge is 2.03. The van der Waals surface area contributed by atoms with Gasteiger partial charge >= 0.3 is 5.97 Å². The molecule has 5 nitrogen and oxygen atoms in total. The Labute approximate surface area is 104 Å². The van der Waals surface area contributed by atoms with E-state index in [-0.39, 0.29) is 17.5 Å². The van der Waals surface area contributed by atoms with Gasteiger partial charge in [-0.15, -0.1) is 0 Å². The molecule has 1 aromatic rings. The smallest absolute Gasteiger partial charge is 0.307 e. The maximum atomic E-state index is 11.1. The van der Waals surface area contributed by atoms with Crippen LogP contribution in [0, 0.1) is 11.3 Å². The first kappa shape index (κ1) is 13.3. The van der Waals surface area contributed by atoms with Crippen molar-refractivity contribution >= 4 is 23.4 Å². The average Bonchev–Trinajstić information content (AvgIpc) is 2.28. The zero-order chi connectivity index (χ0) is 12.7. The predicted molar refractivity (Wildman–Crippen MR) is 63.7 cm³/mol. The van der Waals surface area contributed by atoms with Gasteiger partial charge in [-0.2, -0.15) is 5.26 Å². The molecule has 0 saturated carbocycles. The molecular formula is C11H12ClN3O2. The minimum absolute atomic E-state index is 0.239. The number of rotatable bonds is 5. The molecule has 0 aliphatic rings. The third-order valence-electron chi connectivity index (χ3n) is 1.86. The Kier molecular flexibility index (Phi) is 5.24. The van der Waals surface area contributed by atoms with Crippen LogP contribution in [0.3, 0.4) is 0 Å². The fraction of sp³-hybridized carbons (Fsp3) is 0.364. The van der Waals surface area contributed by atoms with Gasteiger partial charge in [0.05, 0.1) is 24.7 Å². The van der Waals surface area contributed by atoms with Crippen molar-refractivity contribution in [3.05, 3.63) is 22.8 Å². The number of nitriles is 1. The summed E-state index contributed by atoms with van der Waals surface area (Å²) in [7, 11) is 0. The molecule has 1 heterocycles. The van der Waals surface area contributed by atoms with E-state index in [9.17, 15) is 4.79 Å². The summed E-state index contributed by atoms with van der Waals surface area (Å²) in [6, 6.07) is 5.01. The van der Waals surface area contributed by atoms with Gasteiger partial charge in [0, 0.05) is 6.54 Å². The van der Waals surface area contributed by atoms with Crippen LogP contribution in [0.15, 0.2) is 12.1 Å². The fourth-order valence-electron chi connectivity index (χ4n) is 1.18. The van der Waals surface area contributed by atoms with Gasteiger partial charge in [0.25, 0.3) is 0 Å². The third-order valence-corrected chi connectivity index (χ3v) is 2.06. The molecular weight excluding hydrogens is 242 g/mol. The van der Waals surface area contributed by atoms with E-state index in [1.54, 1.807) is 13.0 Å². The molecule has 0 spiro atoms.